The first-order valence-electron chi connectivity index (χ1n) is 8.50. The van der Waals surface area contributed by atoms with Crippen LogP contribution in [0.4, 0.5) is 4.39 Å². The average Bonchev–Trinajstić information content (AvgIpc) is 3.46. The minimum atomic E-state index is -0.290. The van der Waals surface area contributed by atoms with E-state index in [0.717, 1.165) is 22.0 Å². The van der Waals surface area contributed by atoms with E-state index < -0.39 is 0 Å². The lowest BCUT2D eigenvalue weighted by Gasteiger charge is -1.95. The lowest BCUT2D eigenvalue weighted by Crippen LogP contribution is -1.79. The Hall–Kier alpha value is -3.39. The second-order valence-electron chi connectivity index (χ2n) is 6.03. The summed E-state index contributed by atoms with van der Waals surface area (Å²) in [5, 5.41) is 9.69. The second kappa shape index (κ2) is 6.97. The number of halogens is 1. The second-order valence-corrected chi connectivity index (χ2v) is 6.96. The van der Waals surface area contributed by atoms with E-state index in [9.17, 15) is 4.39 Å². The molecule has 0 saturated carbocycles. The summed E-state index contributed by atoms with van der Waals surface area (Å²) in [7, 11) is 0. The molecule has 6 nitrogen and oxygen atoms in total. The molecule has 3 aromatic heterocycles. The molecule has 3 heterocycles. The molecule has 28 heavy (non-hydrogen) atoms. The maximum atomic E-state index is 13.0. The predicted octanol–water partition coefficient (Wildman–Crippen LogP) is 5.30. The molecule has 0 aliphatic rings. The normalized spacial score (nSPS) is 11.3. The topological polar surface area (TPSA) is 80.7 Å². The van der Waals surface area contributed by atoms with Crippen LogP contribution in [0.15, 0.2) is 75.0 Å². The average molecular weight is 392 g/mol. The number of thioether (sulfide) groups is 1. The van der Waals surface area contributed by atoms with Crippen LogP contribution in [0, 0.1) is 5.82 Å². The number of oxazole rings is 1. The molecular formula is C20H13FN4O2S. The smallest absolute Gasteiger partial charge is 0.277 e. The number of nitrogens with zero attached hydrogens (tertiary/aromatic N) is 3. The number of benzene rings is 2. The van der Waals surface area contributed by atoms with E-state index in [1.54, 1.807) is 18.3 Å². The highest BCUT2D eigenvalue weighted by atomic mass is 32.2. The standard InChI is InChI=1S/C20H13FN4O2S/c21-13-7-5-12(6-8-13)17-10-23-18(26-17)11-28-20-25-24-19(27-20)15-9-22-16-4-2-1-3-14(15)16/h1-10,22H,11H2. The van der Waals surface area contributed by atoms with Gasteiger partial charge in [-0.3, -0.25) is 0 Å². The molecule has 0 atom stereocenters. The fourth-order valence-electron chi connectivity index (χ4n) is 2.87. The van der Waals surface area contributed by atoms with Crippen molar-refractivity contribution in [3.8, 4) is 22.8 Å². The quantitative estimate of drug-likeness (QED) is 0.409. The number of nitrogens with one attached hydrogen (secondary N) is 1. The van der Waals surface area contributed by atoms with Crippen molar-refractivity contribution in [3.63, 3.8) is 0 Å². The zero-order valence-corrected chi connectivity index (χ0v) is 15.2. The van der Waals surface area contributed by atoms with Crippen molar-refractivity contribution < 1.29 is 13.2 Å². The van der Waals surface area contributed by atoms with Gasteiger partial charge in [0.15, 0.2) is 5.76 Å². The third-order valence-electron chi connectivity index (χ3n) is 4.23. The van der Waals surface area contributed by atoms with Crippen LogP contribution in [-0.4, -0.2) is 20.2 Å². The number of hydrogen-bond donors (Lipinski definition) is 1. The molecule has 5 rings (SSSR count). The van der Waals surface area contributed by atoms with Crippen LogP contribution in [-0.2, 0) is 5.75 Å². The van der Waals surface area contributed by atoms with E-state index in [-0.39, 0.29) is 5.82 Å². The summed E-state index contributed by atoms with van der Waals surface area (Å²) in [5.41, 5.74) is 2.65. The molecule has 0 spiro atoms. The van der Waals surface area contributed by atoms with Crippen molar-refractivity contribution in [3.05, 3.63) is 72.6 Å². The Morgan fingerprint density at radius 2 is 1.86 bits per heavy atom. The van der Waals surface area contributed by atoms with E-state index in [1.807, 2.05) is 30.5 Å². The molecular weight excluding hydrogens is 379 g/mol. The Kier molecular flexibility index (Phi) is 4.17. The number of hydrogen-bond acceptors (Lipinski definition) is 6. The van der Waals surface area contributed by atoms with E-state index in [4.69, 9.17) is 8.83 Å². The molecule has 0 saturated heterocycles. The fraction of sp³-hybridized carbons (Fsp3) is 0.0500. The molecule has 2 aromatic carbocycles. The Balaban J connectivity index is 1.30. The number of aromatic nitrogens is 4. The highest BCUT2D eigenvalue weighted by Gasteiger charge is 2.14. The summed E-state index contributed by atoms with van der Waals surface area (Å²) < 4.78 is 24.5. The lowest BCUT2D eigenvalue weighted by atomic mass is 10.2. The predicted molar refractivity (Wildman–Crippen MR) is 103 cm³/mol. The number of fused-ring (bicyclic) bond motifs is 1. The van der Waals surface area contributed by atoms with Crippen LogP contribution in [0.3, 0.4) is 0 Å². The SMILES string of the molecule is Fc1ccc(-c2cnc(CSc3nnc(-c4c[nH]c5ccccc45)o3)o2)cc1. The maximum Gasteiger partial charge on any atom is 0.277 e. The van der Waals surface area contributed by atoms with Gasteiger partial charge in [-0.05, 0) is 30.3 Å². The van der Waals surface area contributed by atoms with Gasteiger partial charge in [-0.1, -0.05) is 30.0 Å². The first kappa shape index (κ1) is 16.8. The van der Waals surface area contributed by atoms with Crippen molar-refractivity contribution in [2.24, 2.45) is 0 Å². The Morgan fingerprint density at radius 3 is 2.75 bits per heavy atom. The van der Waals surface area contributed by atoms with Gasteiger partial charge in [-0.15, -0.1) is 10.2 Å². The van der Waals surface area contributed by atoms with Crippen LogP contribution >= 0.6 is 11.8 Å². The first-order chi connectivity index (χ1) is 13.8. The lowest BCUT2D eigenvalue weighted by molar-refractivity contribution is 0.464. The summed E-state index contributed by atoms with van der Waals surface area (Å²) >= 11 is 1.34. The molecule has 1 N–H and O–H groups in total. The monoisotopic (exact) mass is 392 g/mol. The van der Waals surface area contributed by atoms with Gasteiger partial charge in [0.1, 0.15) is 5.82 Å². The fourth-order valence-corrected chi connectivity index (χ4v) is 3.49. The number of para-hydroxylation sites is 1. The molecule has 0 amide bonds. The zero-order valence-electron chi connectivity index (χ0n) is 14.4. The minimum absolute atomic E-state index is 0.290. The molecule has 0 aliphatic heterocycles. The molecule has 0 fully saturated rings. The van der Waals surface area contributed by atoms with Gasteiger partial charge < -0.3 is 13.8 Å². The van der Waals surface area contributed by atoms with E-state index in [1.165, 1.54) is 23.9 Å². The molecule has 0 unspecified atom stereocenters. The molecule has 0 bridgehead atoms. The van der Waals surface area contributed by atoms with Crippen LogP contribution < -0.4 is 0 Å². The van der Waals surface area contributed by atoms with E-state index >= 15 is 0 Å². The molecule has 0 aliphatic carbocycles. The maximum absolute atomic E-state index is 13.0. The molecule has 5 aromatic rings. The van der Waals surface area contributed by atoms with Crippen molar-refractivity contribution >= 4 is 22.7 Å². The van der Waals surface area contributed by atoms with Crippen LogP contribution in [0.5, 0.6) is 0 Å². The Bertz CT molecular complexity index is 1240. The Morgan fingerprint density at radius 1 is 1.00 bits per heavy atom. The summed E-state index contributed by atoms with van der Waals surface area (Å²) in [6.45, 7) is 0. The number of aromatic amines is 1. The van der Waals surface area contributed by atoms with Crippen molar-refractivity contribution in [2.75, 3.05) is 0 Å². The minimum Gasteiger partial charge on any atom is -0.440 e. The van der Waals surface area contributed by atoms with Gasteiger partial charge in [0.2, 0.25) is 5.89 Å². The highest BCUT2D eigenvalue weighted by molar-refractivity contribution is 7.98. The van der Waals surface area contributed by atoms with E-state index in [0.29, 0.717) is 28.5 Å². The summed E-state index contributed by atoms with van der Waals surface area (Å²) in [6.07, 6.45) is 3.48. The van der Waals surface area contributed by atoms with Gasteiger partial charge in [0, 0.05) is 22.7 Å². The van der Waals surface area contributed by atoms with Gasteiger partial charge in [0.05, 0.1) is 17.5 Å². The Labute approximate surface area is 162 Å². The third kappa shape index (κ3) is 3.18. The number of rotatable bonds is 5. The van der Waals surface area contributed by atoms with Crippen molar-refractivity contribution in [1.29, 1.82) is 0 Å². The summed E-state index contributed by atoms with van der Waals surface area (Å²) in [5.74, 6) is 1.72. The number of H-pyrrole nitrogens is 1. The van der Waals surface area contributed by atoms with Gasteiger partial charge in [0.25, 0.3) is 11.1 Å². The largest absolute Gasteiger partial charge is 0.440 e. The summed E-state index contributed by atoms with van der Waals surface area (Å²) in [6, 6.07) is 14.0. The third-order valence-corrected chi connectivity index (χ3v) is 5.03. The van der Waals surface area contributed by atoms with Crippen LogP contribution in [0.1, 0.15) is 5.89 Å². The molecule has 0 radical (unpaired) electrons. The summed E-state index contributed by atoms with van der Waals surface area (Å²) in [4.78, 5) is 7.44. The van der Waals surface area contributed by atoms with Gasteiger partial charge in [-0.25, -0.2) is 9.37 Å². The molecule has 138 valence electrons. The van der Waals surface area contributed by atoms with E-state index in [2.05, 4.69) is 20.2 Å². The molecule has 8 heteroatoms. The van der Waals surface area contributed by atoms with Gasteiger partial charge in [-0.2, -0.15) is 0 Å². The highest BCUT2D eigenvalue weighted by Crippen LogP contribution is 2.31. The van der Waals surface area contributed by atoms with Gasteiger partial charge >= 0.3 is 0 Å². The van der Waals surface area contributed by atoms with Crippen molar-refractivity contribution in [1.82, 2.24) is 20.2 Å². The van der Waals surface area contributed by atoms with Crippen molar-refractivity contribution in [2.45, 2.75) is 11.0 Å². The van der Waals surface area contributed by atoms with Crippen LogP contribution in [0.25, 0.3) is 33.7 Å². The zero-order chi connectivity index (χ0) is 18.9. The van der Waals surface area contributed by atoms with Crippen LogP contribution in [0.2, 0.25) is 0 Å². The first-order valence-corrected chi connectivity index (χ1v) is 9.48.